The van der Waals surface area contributed by atoms with Crippen molar-refractivity contribution in [2.75, 3.05) is 19.4 Å². The first-order chi connectivity index (χ1) is 16.5. The number of imidazole rings is 1. The smallest absolute Gasteiger partial charge is 0.364 e. The predicted octanol–water partition coefficient (Wildman–Crippen LogP) is 2.93. The van der Waals surface area contributed by atoms with Gasteiger partial charge in [0.2, 0.25) is 0 Å². The highest BCUT2D eigenvalue weighted by Gasteiger charge is 2.39. The molecule has 3 aromatic rings. The van der Waals surface area contributed by atoms with Crippen LogP contribution in [0.5, 0.6) is 0 Å². The van der Waals surface area contributed by atoms with Gasteiger partial charge in [-0.25, -0.2) is 14.8 Å². The minimum atomic E-state index is -4.84. The molecule has 3 N–H and O–H groups in total. The summed E-state index contributed by atoms with van der Waals surface area (Å²) in [6.07, 6.45) is -0.860. The lowest BCUT2D eigenvalue weighted by Gasteiger charge is -2.10. The van der Waals surface area contributed by atoms with Gasteiger partial charge < -0.3 is 15.5 Å². The molecular formula is C21H18F3N7O3S. The molecule has 0 unspecified atom stereocenters. The van der Waals surface area contributed by atoms with Crippen LogP contribution >= 0.6 is 11.3 Å². The van der Waals surface area contributed by atoms with Crippen molar-refractivity contribution in [2.24, 2.45) is 0 Å². The zero-order valence-electron chi connectivity index (χ0n) is 18.4. The quantitative estimate of drug-likeness (QED) is 0.362. The molecule has 3 aromatic heterocycles. The second-order valence-electron chi connectivity index (χ2n) is 8.26. The number of amides is 4. The molecule has 4 amide bonds. The fourth-order valence-corrected chi connectivity index (χ4v) is 4.46. The van der Waals surface area contributed by atoms with Crippen LogP contribution in [0, 0.1) is 0 Å². The minimum absolute atomic E-state index is 0.0588. The number of thiophene rings is 1. The third-order valence-corrected chi connectivity index (χ3v) is 6.40. The maximum Gasteiger partial charge on any atom is 0.435 e. The summed E-state index contributed by atoms with van der Waals surface area (Å²) in [7, 11) is 3.23. The standard InChI is InChI=1S/C21H18F3N7O3S/c1-30(2)19(33)14-6-5-13(35-14)11-8-31-12(7-10-18(32)29-20(34)27-10)15(21(22,23)24)28-17(31)16(26-11)25-9-3-4-9/h5-9H,3-4H2,1-2H3,(H,25,26)(H2,27,29,32,34)/b10-7-. The van der Waals surface area contributed by atoms with Crippen molar-refractivity contribution in [1.29, 1.82) is 0 Å². The molecule has 0 atom stereocenters. The van der Waals surface area contributed by atoms with Crippen LogP contribution in [0.4, 0.5) is 23.8 Å². The van der Waals surface area contributed by atoms with E-state index in [4.69, 9.17) is 0 Å². The maximum absolute atomic E-state index is 14.0. The molecule has 182 valence electrons. The molecule has 10 nitrogen and oxygen atoms in total. The number of alkyl halides is 3. The number of nitrogens with one attached hydrogen (secondary N) is 3. The molecule has 1 aliphatic heterocycles. The molecule has 2 aliphatic rings. The second-order valence-corrected chi connectivity index (χ2v) is 9.34. The van der Waals surface area contributed by atoms with Gasteiger partial charge in [-0.15, -0.1) is 11.3 Å². The van der Waals surface area contributed by atoms with Gasteiger partial charge in [0, 0.05) is 26.3 Å². The Hall–Kier alpha value is -3.94. The van der Waals surface area contributed by atoms with Crippen LogP contribution in [0.3, 0.4) is 0 Å². The lowest BCUT2D eigenvalue weighted by atomic mass is 10.2. The molecule has 2 fully saturated rings. The summed E-state index contributed by atoms with van der Waals surface area (Å²) in [5.74, 6) is -0.920. The topological polar surface area (TPSA) is 121 Å². The third-order valence-electron chi connectivity index (χ3n) is 5.31. The number of hydrogen-bond donors (Lipinski definition) is 3. The van der Waals surface area contributed by atoms with Gasteiger partial charge in [-0.05, 0) is 31.1 Å². The monoisotopic (exact) mass is 505 g/mol. The van der Waals surface area contributed by atoms with Gasteiger partial charge in [0.1, 0.15) is 5.70 Å². The van der Waals surface area contributed by atoms with Gasteiger partial charge in [-0.3, -0.25) is 19.3 Å². The van der Waals surface area contributed by atoms with Crippen molar-refractivity contribution >= 4 is 46.7 Å². The maximum atomic E-state index is 14.0. The van der Waals surface area contributed by atoms with Gasteiger partial charge in [0.05, 0.1) is 21.1 Å². The molecule has 1 aliphatic carbocycles. The van der Waals surface area contributed by atoms with E-state index in [1.54, 1.807) is 26.2 Å². The molecule has 0 aromatic carbocycles. The Morgan fingerprint density at radius 2 is 1.97 bits per heavy atom. The van der Waals surface area contributed by atoms with Crippen LogP contribution in [-0.2, 0) is 11.0 Å². The highest BCUT2D eigenvalue weighted by Crippen LogP contribution is 2.37. The van der Waals surface area contributed by atoms with Crippen LogP contribution in [0.15, 0.2) is 24.0 Å². The van der Waals surface area contributed by atoms with Crippen molar-refractivity contribution in [3.05, 3.63) is 40.3 Å². The highest BCUT2D eigenvalue weighted by molar-refractivity contribution is 7.17. The number of imide groups is 1. The van der Waals surface area contributed by atoms with Crippen molar-refractivity contribution in [1.82, 2.24) is 29.9 Å². The highest BCUT2D eigenvalue weighted by atomic mass is 32.1. The van der Waals surface area contributed by atoms with Crippen molar-refractivity contribution in [3.8, 4) is 10.6 Å². The molecule has 5 rings (SSSR count). The summed E-state index contributed by atoms with van der Waals surface area (Å²) < 4.78 is 43.1. The molecule has 1 saturated heterocycles. The predicted molar refractivity (Wildman–Crippen MR) is 121 cm³/mol. The first-order valence-corrected chi connectivity index (χ1v) is 11.3. The molecule has 35 heavy (non-hydrogen) atoms. The summed E-state index contributed by atoms with van der Waals surface area (Å²) in [6.45, 7) is 0. The largest absolute Gasteiger partial charge is 0.435 e. The normalized spacial score (nSPS) is 17.1. The van der Waals surface area contributed by atoms with E-state index in [0.29, 0.717) is 15.4 Å². The SMILES string of the molecule is CN(C)C(=O)c1ccc(-c2cn3c(/C=C4\NC(=O)NC4=O)c(C(F)(F)F)nc3c(NC3CC3)n2)s1. The summed E-state index contributed by atoms with van der Waals surface area (Å²) in [4.78, 5) is 46.6. The molecule has 1 saturated carbocycles. The number of halogens is 3. The number of carbonyl (C=O) groups is 3. The van der Waals surface area contributed by atoms with Crippen molar-refractivity contribution < 1.29 is 27.6 Å². The van der Waals surface area contributed by atoms with Crippen LogP contribution in [-0.4, -0.2) is 57.3 Å². The van der Waals surface area contributed by atoms with Crippen LogP contribution < -0.4 is 16.0 Å². The number of fused-ring (bicyclic) bond motifs is 1. The number of nitrogens with zero attached hydrogens (tertiary/aromatic N) is 4. The van der Waals surface area contributed by atoms with E-state index in [2.05, 4.69) is 20.6 Å². The van der Waals surface area contributed by atoms with Crippen molar-refractivity contribution in [3.63, 3.8) is 0 Å². The Bertz CT molecular complexity index is 1420. The Kier molecular flexibility index (Phi) is 5.27. The summed E-state index contributed by atoms with van der Waals surface area (Å²) >= 11 is 1.15. The lowest BCUT2D eigenvalue weighted by molar-refractivity contribution is -0.141. The third kappa shape index (κ3) is 4.32. The van der Waals surface area contributed by atoms with Gasteiger partial charge in [-0.2, -0.15) is 13.2 Å². The van der Waals surface area contributed by atoms with Crippen molar-refractivity contribution in [2.45, 2.75) is 25.1 Å². The number of urea groups is 1. The Morgan fingerprint density at radius 1 is 1.23 bits per heavy atom. The van der Waals surface area contributed by atoms with Gasteiger partial charge in [-0.1, -0.05) is 0 Å². The number of hydrogen-bond acceptors (Lipinski definition) is 7. The summed E-state index contributed by atoms with van der Waals surface area (Å²) in [6, 6.07) is 2.52. The van der Waals surface area contributed by atoms with E-state index in [1.165, 1.54) is 15.5 Å². The minimum Gasteiger partial charge on any atom is -0.364 e. The molecule has 4 heterocycles. The first kappa shape index (κ1) is 22.8. The van der Waals surface area contributed by atoms with Gasteiger partial charge >= 0.3 is 12.2 Å². The van der Waals surface area contributed by atoms with E-state index >= 15 is 0 Å². The average Bonchev–Trinajstić information content (AvgIpc) is 3.17. The molecule has 0 spiro atoms. The molecule has 14 heteroatoms. The zero-order valence-corrected chi connectivity index (χ0v) is 19.2. The average molecular weight is 505 g/mol. The van der Waals surface area contributed by atoms with Crippen LogP contribution in [0.2, 0.25) is 0 Å². The number of aromatic nitrogens is 3. The van der Waals surface area contributed by atoms with E-state index in [0.717, 1.165) is 30.3 Å². The van der Waals surface area contributed by atoms with Crippen LogP contribution in [0.25, 0.3) is 22.3 Å². The Balaban J connectivity index is 1.72. The lowest BCUT2D eigenvalue weighted by Crippen LogP contribution is -2.22. The zero-order chi connectivity index (χ0) is 25.1. The van der Waals surface area contributed by atoms with Gasteiger partial charge in [0.25, 0.3) is 11.8 Å². The first-order valence-electron chi connectivity index (χ1n) is 10.4. The fraction of sp³-hybridized carbons (Fsp3) is 0.286. The van der Waals surface area contributed by atoms with Gasteiger partial charge in [0.15, 0.2) is 17.2 Å². The number of carbonyl (C=O) groups excluding carboxylic acids is 3. The second kappa shape index (κ2) is 8.08. The Labute approximate surface area is 199 Å². The van der Waals surface area contributed by atoms with E-state index in [9.17, 15) is 27.6 Å². The molecule has 0 bridgehead atoms. The Morgan fingerprint density at radius 3 is 2.57 bits per heavy atom. The summed E-state index contributed by atoms with van der Waals surface area (Å²) in [5, 5.41) is 7.28. The number of anilines is 1. The molecule has 0 radical (unpaired) electrons. The fourth-order valence-electron chi connectivity index (χ4n) is 3.48. The number of rotatable bonds is 5. The van der Waals surface area contributed by atoms with E-state index in [-0.39, 0.29) is 29.1 Å². The van der Waals surface area contributed by atoms with E-state index < -0.39 is 29.5 Å². The molecular weight excluding hydrogens is 487 g/mol. The summed E-state index contributed by atoms with van der Waals surface area (Å²) in [5.41, 5.74) is -1.78. The van der Waals surface area contributed by atoms with Crippen LogP contribution in [0.1, 0.15) is 33.9 Å². The van der Waals surface area contributed by atoms with E-state index in [1.807, 2.05) is 5.32 Å².